The van der Waals surface area contributed by atoms with E-state index in [2.05, 4.69) is 27.8 Å². The van der Waals surface area contributed by atoms with Gasteiger partial charge in [-0.15, -0.1) is 6.58 Å². The van der Waals surface area contributed by atoms with Crippen LogP contribution in [0.25, 0.3) is 0 Å². The van der Waals surface area contributed by atoms with Gasteiger partial charge in [0.15, 0.2) is 5.60 Å². The van der Waals surface area contributed by atoms with E-state index in [-0.39, 0.29) is 25.5 Å². The van der Waals surface area contributed by atoms with Crippen molar-refractivity contribution >= 4 is 87.5 Å². The lowest BCUT2D eigenvalue weighted by atomic mass is 9.97. The number of alkyl halides is 3. The van der Waals surface area contributed by atoms with E-state index >= 15 is 0 Å². The van der Waals surface area contributed by atoms with E-state index in [1.165, 1.54) is 36.8 Å². The Morgan fingerprint density at radius 2 is 1.51 bits per heavy atom. The normalized spacial score (nSPS) is 19.2. The molecule has 2 saturated heterocycles. The molecule has 1 aromatic carbocycles. The quantitative estimate of drug-likeness (QED) is 0.0698. The molecule has 0 aromatic heterocycles. The fraction of sp³-hybridized carbons (Fsp3) is 0.643. The highest BCUT2D eigenvalue weighted by Gasteiger charge is 2.45. The number of benzene rings is 1. The van der Waals surface area contributed by atoms with Crippen molar-refractivity contribution in [2.24, 2.45) is 5.92 Å². The van der Waals surface area contributed by atoms with Crippen LogP contribution >= 0.6 is 46.6 Å². The van der Waals surface area contributed by atoms with Gasteiger partial charge in [0.1, 0.15) is 30.2 Å². The van der Waals surface area contributed by atoms with E-state index in [9.17, 15) is 38.7 Å². The summed E-state index contributed by atoms with van der Waals surface area (Å²) >= 11 is 18.8. The van der Waals surface area contributed by atoms with Gasteiger partial charge in [-0.2, -0.15) is 0 Å². The van der Waals surface area contributed by atoms with E-state index in [1.54, 1.807) is 51.1 Å². The number of esters is 1. The molecule has 2 fully saturated rings. The van der Waals surface area contributed by atoms with Crippen molar-refractivity contribution < 1.29 is 52.9 Å². The number of nitrogens with zero attached hydrogens (tertiary/aromatic N) is 2. The Labute approximate surface area is 388 Å². The Bertz CT molecular complexity index is 1790. The maximum absolute atomic E-state index is 14.4. The second-order valence-corrected chi connectivity index (χ2v) is 19.9. The molecule has 0 saturated carbocycles. The molecule has 17 nitrogen and oxygen atoms in total. The van der Waals surface area contributed by atoms with Gasteiger partial charge in [-0.3, -0.25) is 24.0 Å². The minimum atomic E-state index is -2.02. The average Bonchev–Trinajstić information content (AvgIpc) is 3.92. The summed E-state index contributed by atoms with van der Waals surface area (Å²) in [4.78, 5) is 97.6. The first-order valence-corrected chi connectivity index (χ1v) is 22.8. The SMILES string of the molecule is C=CC(C)(C)OC[C@H](NC(=O)OC(C)(C)C(Cl)(Cl)Cl)C(=O)N[C@@H](Cc1ccccc1)C(=O)N1CCC[C@@H]1SC(=O)N[C@@H](CO)C(=O)N[C@H](C(=O)N1CCC[C@H]1C(=O)OC)[C@@H](C)CC. The second-order valence-electron chi connectivity index (χ2n) is 16.5. The molecular formula is C42H61Cl3N6O11S. The number of carbonyl (C=O) groups is 7. The zero-order chi connectivity index (χ0) is 47.3. The molecule has 2 heterocycles. The summed E-state index contributed by atoms with van der Waals surface area (Å²) in [6.07, 6.45) is 2.82. The van der Waals surface area contributed by atoms with Crippen molar-refractivity contribution in [3.63, 3.8) is 0 Å². The largest absolute Gasteiger partial charge is 0.467 e. The fourth-order valence-electron chi connectivity index (χ4n) is 6.66. The van der Waals surface area contributed by atoms with Crippen molar-refractivity contribution in [1.29, 1.82) is 0 Å². The number of hydrogen-bond acceptors (Lipinski definition) is 12. The van der Waals surface area contributed by atoms with Gasteiger partial charge in [0.2, 0.25) is 27.4 Å². The molecule has 0 unspecified atom stereocenters. The van der Waals surface area contributed by atoms with Gasteiger partial charge < -0.3 is 50.4 Å². The first kappa shape index (κ1) is 53.5. The van der Waals surface area contributed by atoms with Crippen LogP contribution in [-0.4, -0.2) is 140 Å². The lowest BCUT2D eigenvalue weighted by molar-refractivity contribution is -0.152. The summed E-state index contributed by atoms with van der Waals surface area (Å²) in [6, 6.07) is 2.99. The average molecular weight is 964 g/mol. The summed E-state index contributed by atoms with van der Waals surface area (Å²) in [5.41, 5.74) is -1.84. The van der Waals surface area contributed by atoms with E-state index in [0.717, 1.165) is 11.8 Å². The van der Waals surface area contributed by atoms with E-state index < -0.39 is 98.1 Å². The molecule has 0 spiro atoms. The zero-order valence-corrected chi connectivity index (χ0v) is 39.8. The molecule has 3 rings (SSSR count). The predicted octanol–water partition coefficient (Wildman–Crippen LogP) is 4.39. The monoisotopic (exact) mass is 962 g/mol. The molecule has 0 bridgehead atoms. The van der Waals surface area contributed by atoms with Crippen LogP contribution in [0.3, 0.4) is 0 Å². The molecule has 63 heavy (non-hydrogen) atoms. The summed E-state index contributed by atoms with van der Waals surface area (Å²) in [7, 11) is 1.24. The number of likely N-dealkylation sites (tertiary alicyclic amines) is 2. The molecule has 2 aliphatic heterocycles. The van der Waals surface area contributed by atoms with Crippen LogP contribution in [0.2, 0.25) is 0 Å². The van der Waals surface area contributed by atoms with E-state index in [1.807, 2.05) is 6.92 Å². The van der Waals surface area contributed by atoms with Crippen LogP contribution in [0.1, 0.15) is 79.2 Å². The van der Waals surface area contributed by atoms with Crippen LogP contribution < -0.4 is 21.3 Å². The Morgan fingerprint density at radius 3 is 2.10 bits per heavy atom. The second kappa shape index (κ2) is 23.9. The summed E-state index contributed by atoms with van der Waals surface area (Å²) in [5.74, 6) is -3.53. The molecule has 2 aliphatic rings. The van der Waals surface area contributed by atoms with Crippen LogP contribution in [0.4, 0.5) is 9.59 Å². The Morgan fingerprint density at radius 1 is 0.889 bits per heavy atom. The number of hydrogen-bond donors (Lipinski definition) is 5. The predicted molar refractivity (Wildman–Crippen MR) is 240 cm³/mol. The number of rotatable bonds is 20. The summed E-state index contributed by atoms with van der Waals surface area (Å²) < 4.78 is 14.1. The van der Waals surface area contributed by atoms with Gasteiger partial charge in [-0.05, 0) is 76.6 Å². The first-order chi connectivity index (χ1) is 29.5. The van der Waals surface area contributed by atoms with Gasteiger partial charge in [0.05, 0.1) is 31.3 Å². The maximum atomic E-state index is 14.4. The minimum Gasteiger partial charge on any atom is -0.467 e. The topological polar surface area (TPSA) is 222 Å². The maximum Gasteiger partial charge on any atom is 0.408 e. The highest BCUT2D eigenvalue weighted by molar-refractivity contribution is 8.14. The number of halogens is 3. The molecule has 21 heteroatoms. The summed E-state index contributed by atoms with van der Waals surface area (Å²) in [6.45, 7) is 12.8. The number of methoxy groups -OCH3 is 1. The molecule has 6 amide bonds. The molecule has 0 aliphatic carbocycles. The number of alkyl carbamates (subject to hydrolysis) is 1. The fourth-order valence-corrected chi connectivity index (χ4v) is 7.85. The number of amides is 6. The van der Waals surface area contributed by atoms with Gasteiger partial charge in [-0.25, -0.2) is 9.59 Å². The van der Waals surface area contributed by atoms with Gasteiger partial charge in [-0.1, -0.05) is 91.5 Å². The Balaban J connectivity index is 1.79. The van der Waals surface area contributed by atoms with Gasteiger partial charge in [0, 0.05) is 19.5 Å². The minimum absolute atomic E-state index is 0.0304. The number of aliphatic hydroxyl groups is 1. The van der Waals surface area contributed by atoms with Crippen molar-refractivity contribution in [2.45, 2.75) is 131 Å². The number of nitrogens with one attached hydrogen (secondary N) is 4. The molecule has 5 N–H and O–H groups in total. The number of thioether (sulfide) groups is 1. The van der Waals surface area contributed by atoms with Crippen molar-refractivity contribution in [3.8, 4) is 0 Å². The molecule has 1 aromatic rings. The Hall–Kier alpha value is -3.81. The third-order valence-electron chi connectivity index (χ3n) is 11.0. The lowest BCUT2D eigenvalue weighted by Gasteiger charge is -2.33. The lowest BCUT2D eigenvalue weighted by Crippen LogP contribution is -2.58. The van der Waals surface area contributed by atoms with Gasteiger partial charge in [0.25, 0.3) is 5.24 Å². The van der Waals surface area contributed by atoms with E-state index in [0.29, 0.717) is 44.2 Å². The van der Waals surface area contributed by atoms with Crippen LogP contribution in [0.15, 0.2) is 43.0 Å². The first-order valence-electron chi connectivity index (χ1n) is 20.7. The molecule has 7 atom stereocenters. The standard InChI is InChI=1S/C42H61Cl3N6O11S/c1-9-25(3)32(36(56)50-20-14-18-30(50)37(57)60-8)49-33(53)28(23-52)48-39(59)63-31-19-15-21-51(31)35(55)27(22-26-16-12-11-13-17-26)46-34(54)29(24-61-40(4,5)10-2)47-38(58)62-41(6,7)42(43,44)45/h10-13,16-17,25,27-32,52H,2,9,14-15,18-24H2,1,3-8H3,(H,46,54)(H,47,58)(H,48,59)(H,49,53)/t25-,27-,28-,29-,30-,31-,32-/m0/s1. The van der Waals surface area contributed by atoms with Crippen LogP contribution in [0, 0.1) is 5.92 Å². The number of aliphatic hydroxyl groups excluding tert-OH is 1. The molecule has 352 valence electrons. The summed E-state index contributed by atoms with van der Waals surface area (Å²) in [5, 5.41) is 19.2. The number of ether oxygens (including phenoxy) is 3. The van der Waals surface area contributed by atoms with Crippen molar-refractivity contribution in [2.75, 3.05) is 33.4 Å². The highest BCUT2D eigenvalue weighted by atomic mass is 35.6. The molecular weight excluding hydrogens is 903 g/mol. The van der Waals surface area contributed by atoms with Crippen LogP contribution in [-0.2, 0) is 44.6 Å². The van der Waals surface area contributed by atoms with Crippen LogP contribution in [0.5, 0.6) is 0 Å². The highest BCUT2D eigenvalue weighted by Crippen LogP contribution is 2.40. The third kappa shape index (κ3) is 15.4. The Kier molecular flexibility index (Phi) is 20.3. The van der Waals surface area contributed by atoms with E-state index in [4.69, 9.17) is 49.0 Å². The van der Waals surface area contributed by atoms with Crippen molar-refractivity contribution in [1.82, 2.24) is 31.1 Å². The third-order valence-corrected chi connectivity index (χ3v) is 13.4. The molecule has 0 radical (unpaired) electrons. The van der Waals surface area contributed by atoms with Crippen molar-refractivity contribution in [3.05, 3.63) is 48.6 Å². The smallest absolute Gasteiger partial charge is 0.408 e. The zero-order valence-electron chi connectivity index (χ0n) is 36.7. The van der Waals surface area contributed by atoms with Gasteiger partial charge >= 0.3 is 12.1 Å². The number of carbonyl (C=O) groups excluding carboxylic acids is 7.